The fourth-order valence-corrected chi connectivity index (χ4v) is 4.98. The summed E-state index contributed by atoms with van der Waals surface area (Å²) in [4.78, 5) is 25.0. The molecule has 3 aromatic carbocycles. The summed E-state index contributed by atoms with van der Waals surface area (Å²) in [5, 5.41) is 7.01. The summed E-state index contributed by atoms with van der Waals surface area (Å²) in [6.07, 6.45) is 1.40. The topological polar surface area (TPSA) is 116 Å². The number of furan rings is 1. The first-order valence-corrected chi connectivity index (χ1v) is 14.8. The molecule has 5 aromatic rings. The van der Waals surface area contributed by atoms with Crippen LogP contribution in [-0.2, 0) is 11.4 Å². The minimum Gasteiger partial charge on any atom is -0.493 e. The summed E-state index contributed by atoms with van der Waals surface area (Å²) in [5.74, 6) is 0.849. The van der Waals surface area contributed by atoms with Gasteiger partial charge in [-0.1, -0.05) is 29.8 Å². The Bertz CT molecular complexity index is 1860. The molecular formula is C35H33ClN4O6. The highest BCUT2D eigenvalue weighted by molar-refractivity contribution is 6.32. The highest BCUT2D eigenvalue weighted by Gasteiger charge is 2.15. The number of aryl methyl sites for hydroxylation is 3. The summed E-state index contributed by atoms with van der Waals surface area (Å²) in [7, 11) is 1.45. The lowest BCUT2D eigenvalue weighted by Crippen LogP contribution is -2.21. The van der Waals surface area contributed by atoms with E-state index in [0.717, 1.165) is 22.6 Å². The van der Waals surface area contributed by atoms with Crippen LogP contribution in [0.5, 0.6) is 17.2 Å². The van der Waals surface area contributed by atoms with Gasteiger partial charge in [-0.25, -0.2) is 5.43 Å². The molecule has 0 unspecified atom stereocenters. The van der Waals surface area contributed by atoms with Gasteiger partial charge < -0.3 is 28.5 Å². The van der Waals surface area contributed by atoms with Crippen LogP contribution in [0.15, 0.2) is 94.4 Å². The molecule has 0 saturated heterocycles. The molecule has 236 valence electrons. The summed E-state index contributed by atoms with van der Waals surface area (Å²) in [6, 6.07) is 25.8. The Morgan fingerprint density at radius 2 is 1.67 bits per heavy atom. The van der Waals surface area contributed by atoms with E-state index in [-0.39, 0.29) is 35.7 Å². The molecule has 11 heteroatoms. The van der Waals surface area contributed by atoms with Gasteiger partial charge in [-0.2, -0.15) is 5.10 Å². The van der Waals surface area contributed by atoms with E-state index in [2.05, 4.69) is 46.4 Å². The summed E-state index contributed by atoms with van der Waals surface area (Å²) >= 11 is 6.43. The first-order valence-electron chi connectivity index (χ1n) is 14.4. The molecule has 5 rings (SSSR count). The van der Waals surface area contributed by atoms with Gasteiger partial charge in [0.1, 0.15) is 18.1 Å². The lowest BCUT2D eigenvalue weighted by atomic mass is 10.2. The normalized spacial score (nSPS) is 11.0. The minimum absolute atomic E-state index is 0.0768. The fourth-order valence-electron chi connectivity index (χ4n) is 4.71. The Morgan fingerprint density at radius 1 is 0.935 bits per heavy atom. The second-order valence-corrected chi connectivity index (χ2v) is 10.8. The zero-order chi connectivity index (χ0) is 32.6. The monoisotopic (exact) mass is 640 g/mol. The maximum atomic E-state index is 12.6. The van der Waals surface area contributed by atoms with Crippen LogP contribution in [0.3, 0.4) is 0 Å². The molecule has 0 saturated carbocycles. The van der Waals surface area contributed by atoms with Gasteiger partial charge in [0.2, 0.25) is 0 Å². The standard InChI is InChI=1S/C35H33ClN4O6/c1-22-7-5-6-8-30(22)38-33(41)21-45-34-29(36)17-25(18-32(34)43-4)19-37-39-35(42)31-16-15-28(46-31)20-44-27-13-11-26(12-14-27)40-23(2)9-10-24(40)3/h5-19H,20-21H2,1-4H3,(H,38,41)(H,39,42)/b37-19+. The van der Waals surface area contributed by atoms with Gasteiger partial charge in [0.05, 0.1) is 18.3 Å². The molecule has 0 atom stereocenters. The van der Waals surface area contributed by atoms with Gasteiger partial charge in [-0.3, -0.25) is 9.59 Å². The van der Waals surface area contributed by atoms with Gasteiger partial charge in [0, 0.05) is 22.8 Å². The number of benzene rings is 3. The molecular weight excluding hydrogens is 608 g/mol. The van der Waals surface area contributed by atoms with Crippen molar-refractivity contribution in [2.75, 3.05) is 19.0 Å². The average Bonchev–Trinajstić information content (AvgIpc) is 3.66. The smallest absolute Gasteiger partial charge is 0.307 e. The molecule has 0 aliphatic carbocycles. The SMILES string of the molecule is COc1cc(/C=N/NC(=O)c2ccc(COc3ccc(-n4c(C)ccc4C)cc3)o2)cc(Cl)c1OCC(=O)Nc1ccccc1C. The second-order valence-electron chi connectivity index (χ2n) is 10.4. The Labute approximate surface area is 271 Å². The Kier molecular flexibility index (Phi) is 10.1. The molecule has 0 radical (unpaired) electrons. The molecule has 10 nitrogen and oxygen atoms in total. The van der Waals surface area contributed by atoms with Gasteiger partial charge in [-0.15, -0.1) is 0 Å². The van der Waals surface area contributed by atoms with Crippen LogP contribution in [-0.4, -0.2) is 36.3 Å². The number of nitrogens with one attached hydrogen (secondary N) is 2. The van der Waals surface area contributed by atoms with Crippen molar-refractivity contribution in [3.63, 3.8) is 0 Å². The van der Waals surface area contributed by atoms with Crippen LogP contribution in [0.1, 0.15) is 38.8 Å². The highest BCUT2D eigenvalue weighted by atomic mass is 35.5. The van der Waals surface area contributed by atoms with E-state index in [1.807, 2.05) is 49.4 Å². The Balaban J connectivity index is 1.12. The third-order valence-electron chi connectivity index (χ3n) is 7.03. The number of hydrogen-bond donors (Lipinski definition) is 2. The number of anilines is 1. The van der Waals surface area contributed by atoms with E-state index in [9.17, 15) is 9.59 Å². The van der Waals surface area contributed by atoms with E-state index in [4.69, 9.17) is 30.2 Å². The van der Waals surface area contributed by atoms with Crippen LogP contribution in [0.2, 0.25) is 5.02 Å². The Hall–Kier alpha value is -5.48. The molecule has 2 amide bonds. The third kappa shape index (κ3) is 7.77. The van der Waals surface area contributed by atoms with E-state index >= 15 is 0 Å². The van der Waals surface area contributed by atoms with Gasteiger partial charge in [-0.05, 0) is 98.6 Å². The third-order valence-corrected chi connectivity index (χ3v) is 7.31. The predicted molar refractivity (Wildman–Crippen MR) is 177 cm³/mol. The first kappa shape index (κ1) is 31.9. The van der Waals surface area contributed by atoms with Crippen molar-refractivity contribution in [2.45, 2.75) is 27.4 Å². The molecule has 0 bridgehead atoms. The number of hydrazone groups is 1. The van der Waals surface area contributed by atoms with Crippen LogP contribution < -0.4 is 25.0 Å². The number of hydrogen-bond acceptors (Lipinski definition) is 7. The molecule has 2 heterocycles. The van der Waals surface area contributed by atoms with E-state index in [1.165, 1.54) is 13.3 Å². The van der Waals surface area contributed by atoms with E-state index in [0.29, 0.717) is 28.5 Å². The number of aromatic nitrogens is 1. The lowest BCUT2D eigenvalue weighted by Gasteiger charge is -2.14. The summed E-state index contributed by atoms with van der Waals surface area (Å²) < 4.78 is 24.7. The molecule has 2 N–H and O–H groups in total. The van der Waals surface area contributed by atoms with E-state index in [1.54, 1.807) is 30.3 Å². The van der Waals surface area contributed by atoms with Crippen molar-refractivity contribution in [3.8, 4) is 22.9 Å². The molecule has 0 spiro atoms. The first-order chi connectivity index (χ1) is 22.2. The van der Waals surface area contributed by atoms with Crippen LogP contribution >= 0.6 is 11.6 Å². The van der Waals surface area contributed by atoms with Crippen LogP contribution in [0.25, 0.3) is 5.69 Å². The average molecular weight is 641 g/mol. The van der Waals surface area contributed by atoms with Crippen molar-refractivity contribution in [3.05, 3.63) is 124 Å². The maximum Gasteiger partial charge on any atom is 0.307 e. The van der Waals surface area contributed by atoms with Crippen molar-refractivity contribution >= 4 is 35.3 Å². The van der Waals surface area contributed by atoms with Crippen molar-refractivity contribution < 1.29 is 28.2 Å². The van der Waals surface area contributed by atoms with Crippen molar-refractivity contribution in [1.29, 1.82) is 0 Å². The second kappa shape index (κ2) is 14.5. The summed E-state index contributed by atoms with van der Waals surface area (Å²) in [6.45, 7) is 5.90. The van der Waals surface area contributed by atoms with E-state index < -0.39 is 5.91 Å². The van der Waals surface area contributed by atoms with Gasteiger partial charge in [0.25, 0.3) is 5.91 Å². The lowest BCUT2D eigenvalue weighted by molar-refractivity contribution is -0.118. The number of nitrogens with zero attached hydrogens (tertiary/aromatic N) is 2. The molecule has 0 fully saturated rings. The number of para-hydroxylation sites is 1. The Morgan fingerprint density at radius 3 is 2.39 bits per heavy atom. The molecule has 0 aliphatic heterocycles. The van der Waals surface area contributed by atoms with Crippen LogP contribution in [0.4, 0.5) is 5.69 Å². The van der Waals surface area contributed by atoms with Crippen molar-refractivity contribution in [1.82, 2.24) is 9.99 Å². The molecule has 2 aromatic heterocycles. The zero-order valence-corrected chi connectivity index (χ0v) is 26.6. The van der Waals surface area contributed by atoms with Gasteiger partial charge in [0.15, 0.2) is 23.9 Å². The largest absolute Gasteiger partial charge is 0.493 e. The molecule has 46 heavy (non-hydrogen) atoms. The number of methoxy groups -OCH3 is 1. The summed E-state index contributed by atoms with van der Waals surface area (Å²) in [5.41, 5.74) is 7.94. The number of carbonyl (C=O) groups excluding carboxylic acids is 2. The fraction of sp³-hybridized carbons (Fsp3) is 0.171. The number of halogens is 1. The van der Waals surface area contributed by atoms with Gasteiger partial charge >= 0.3 is 5.91 Å². The minimum atomic E-state index is -0.540. The van der Waals surface area contributed by atoms with Crippen LogP contribution in [0, 0.1) is 20.8 Å². The number of amides is 2. The highest BCUT2D eigenvalue weighted by Crippen LogP contribution is 2.36. The zero-order valence-electron chi connectivity index (χ0n) is 25.8. The maximum absolute atomic E-state index is 12.6. The number of ether oxygens (including phenoxy) is 3. The number of carbonyl (C=O) groups is 2. The molecule has 0 aliphatic rings. The quantitative estimate of drug-likeness (QED) is 0.112. The number of rotatable bonds is 12. The predicted octanol–water partition coefficient (Wildman–Crippen LogP) is 7.02. The van der Waals surface area contributed by atoms with Crippen molar-refractivity contribution in [2.24, 2.45) is 5.10 Å².